The lowest BCUT2D eigenvalue weighted by atomic mass is 10.0. The number of aromatic carboxylic acids is 1. The van der Waals surface area contributed by atoms with Crippen LogP contribution in [0.1, 0.15) is 28.8 Å². The molecule has 0 spiro atoms. The minimum Gasteiger partial charge on any atom is -0.478 e. The van der Waals surface area contributed by atoms with E-state index in [4.69, 9.17) is 5.11 Å². The van der Waals surface area contributed by atoms with Crippen molar-refractivity contribution in [3.8, 4) is 0 Å². The molecule has 0 atom stereocenters. The molecule has 0 aromatic heterocycles. The van der Waals surface area contributed by atoms with Crippen LogP contribution in [-0.2, 0) is 6.18 Å². The molecule has 0 heterocycles. The summed E-state index contributed by atoms with van der Waals surface area (Å²) in [5, 5.41) is 11.7. The van der Waals surface area contributed by atoms with E-state index in [2.05, 4.69) is 5.32 Å². The average Bonchev–Trinajstić information content (AvgIpc) is 2.99. The summed E-state index contributed by atoms with van der Waals surface area (Å²) in [5.74, 6) is -1.57. The lowest BCUT2D eigenvalue weighted by Crippen LogP contribution is -2.16. The Morgan fingerprint density at radius 2 is 2.00 bits per heavy atom. The van der Waals surface area contributed by atoms with Crippen molar-refractivity contribution >= 4 is 11.7 Å². The zero-order valence-corrected chi connectivity index (χ0v) is 8.71. The smallest absolute Gasteiger partial charge is 0.417 e. The molecule has 0 saturated heterocycles. The Bertz CT molecular complexity index is 453. The minimum atomic E-state index is -4.66. The van der Waals surface area contributed by atoms with Gasteiger partial charge < -0.3 is 10.4 Å². The van der Waals surface area contributed by atoms with Gasteiger partial charge in [0.1, 0.15) is 0 Å². The highest BCUT2D eigenvalue weighted by Crippen LogP contribution is 2.36. The molecular weight excluding hydrogens is 235 g/mol. The molecule has 1 fully saturated rings. The van der Waals surface area contributed by atoms with E-state index < -0.39 is 23.3 Å². The number of nitrogens with one attached hydrogen (secondary N) is 1. The van der Waals surface area contributed by atoms with E-state index in [1.807, 2.05) is 0 Å². The van der Waals surface area contributed by atoms with E-state index in [0.29, 0.717) is 0 Å². The Hall–Kier alpha value is -1.72. The summed E-state index contributed by atoms with van der Waals surface area (Å²) in [7, 11) is 0. The van der Waals surface area contributed by atoms with Gasteiger partial charge in [-0.15, -0.1) is 0 Å². The molecule has 0 bridgehead atoms. The molecule has 1 aromatic rings. The van der Waals surface area contributed by atoms with Crippen LogP contribution in [0.5, 0.6) is 0 Å². The third-order valence-corrected chi connectivity index (χ3v) is 2.52. The van der Waals surface area contributed by atoms with Crippen molar-refractivity contribution in [3.05, 3.63) is 29.3 Å². The largest absolute Gasteiger partial charge is 0.478 e. The monoisotopic (exact) mass is 245 g/mol. The first-order valence-corrected chi connectivity index (χ1v) is 5.09. The fourth-order valence-corrected chi connectivity index (χ4v) is 1.59. The molecule has 2 N–H and O–H groups in total. The Labute approximate surface area is 95.3 Å². The van der Waals surface area contributed by atoms with Gasteiger partial charge in [0.2, 0.25) is 0 Å². The summed E-state index contributed by atoms with van der Waals surface area (Å²) in [6.45, 7) is 0. The Kier molecular flexibility index (Phi) is 2.73. The zero-order chi connectivity index (χ0) is 12.6. The Morgan fingerprint density at radius 3 is 2.47 bits per heavy atom. The van der Waals surface area contributed by atoms with Gasteiger partial charge in [-0.3, -0.25) is 0 Å². The second-order valence-electron chi connectivity index (χ2n) is 3.95. The van der Waals surface area contributed by atoms with Crippen molar-refractivity contribution in [2.45, 2.75) is 25.1 Å². The number of carbonyl (C=O) groups is 1. The second-order valence-corrected chi connectivity index (χ2v) is 3.95. The molecule has 1 aliphatic rings. The number of rotatable bonds is 3. The van der Waals surface area contributed by atoms with E-state index in [0.717, 1.165) is 18.9 Å². The topological polar surface area (TPSA) is 49.3 Å². The summed E-state index contributed by atoms with van der Waals surface area (Å²) in [5.41, 5.74) is -1.78. The molecule has 1 saturated carbocycles. The van der Waals surface area contributed by atoms with Crippen LogP contribution in [0.15, 0.2) is 18.2 Å². The first-order valence-electron chi connectivity index (χ1n) is 5.09. The molecule has 3 nitrogen and oxygen atoms in total. The van der Waals surface area contributed by atoms with E-state index in [1.165, 1.54) is 12.1 Å². The van der Waals surface area contributed by atoms with Gasteiger partial charge in [0.05, 0.1) is 11.1 Å². The maximum atomic E-state index is 12.7. The van der Waals surface area contributed by atoms with Gasteiger partial charge in [-0.1, -0.05) is 6.07 Å². The van der Waals surface area contributed by atoms with Crippen molar-refractivity contribution in [2.75, 3.05) is 5.32 Å². The van der Waals surface area contributed by atoms with Crippen LogP contribution in [0.2, 0.25) is 0 Å². The van der Waals surface area contributed by atoms with E-state index in [9.17, 15) is 18.0 Å². The SMILES string of the molecule is O=C(O)c1c(NC2CC2)cccc1C(F)(F)F. The van der Waals surface area contributed by atoms with E-state index in [-0.39, 0.29) is 11.7 Å². The van der Waals surface area contributed by atoms with Gasteiger partial charge in [-0.05, 0) is 25.0 Å². The number of hydrogen-bond donors (Lipinski definition) is 2. The third-order valence-electron chi connectivity index (χ3n) is 2.52. The van der Waals surface area contributed by atoms with Crippen LogP contribution >= 0.6 is 0 Å². The minimum absolute atomic E-state index is 0.0369. The van der Waals surface area contributed by atoms with Crippen LogP contribution in [-0.4, -0.2) is 17.1 Å². The van der Waals surface area contributed by atoms with Crippen molar-refractivity contribution in [3.63, 3.8) is 0 Å². The van der Waals surface area contributed by atoms with Gasteiger partial charge >= 0.3 is 12.1 Å². The van der Waals surface area contributed by atoms with Crippen molar-refractivity contribution in [1.82, 2.24) is 0 Å². The summed E-state index contributed by atoms with van der Waals surface area (Å²) in [6.07, 6.45) is -2.94. The van der Waals surface area contributed by atoms with Crippen molar-refractivity contribution < 1.29 is 23.1 Å². The molecule has 92 valence electrons. The Morgan fingerprint density at radius 1 is 1.35 bits per heavy atom. The van der Waals surface area contributed by atoms with Crippen LogP contribution < -0.4 is 5.32 Å². The average molecular weight is 245 g/mol. The highest BCUT2D eigenvalue weighted by molar-refractivity contribution is 5.96. The maximum Gasteiger partial charge on any atom is 0.417 e. The van der Waals surface area contributed by atoms with Gasteiger partial charge in [0.25, 0.3) is 0 Å². The summed E-state index contributed by atoms with van der Waals surface area (Å²) in [6, 6.07) is 3.44. The first kappa shape index (κ1) is 11.8. The van der Waals surface area contributed by atoms with Gasteiger partial charge in [-0.2, -0.15) is 13.2 Å². The van der Waals surface area contributed by atoms with Crippen LogP contribution in [0, 0.1) is 0 Å². The summed E-state index contributed by atoms with van der Waals surface area (Å²) < 4.78 is 38.0. The normalized spacial score (nSPS) is 15.7. The van der Waals surface area contributed by atoms with Crippen LogP contribution in [0.25, 0.3) is 0 Å². The van der Waals surface area contributed by atoms with Crippen LogP contribution in [0.4, 0.5) is 18.9 Å². The number of carboxylic acid groups (broad SMARTS) is 1. The summed E-state index contributed by atoms with van der Waals surface area (Å²) >= 11 is 0. The standard InChI is InChI=1S/C11H10F3NO2/c12-11(13,14)7-2-1-3-8(9(7)10(16)17)15-6-4-5-6/h1-3,6,15H,4-5H2,(H,16,17). The quantitative estimate of drug-likeness (QED) is 0.860. The molecule has 17 heavy (non-hydrogen) atoms. The molecule has 1 aromatic carbocycles. The zero-order valence-electron chi connectivity index (χ0n) is 8.71. The number of hydrogen-bond acceptors (Lipinski definition) is 2. The van der Waals surface area contributed by atoms with E-state index >= 15 is 0 Å². The molecule has 6 heteroatoms. The van der Waals surface area contributed by atoms with Gasteiger partial charge in [-0.25, -0.2) is 4.79 Å². The fraction of sp³-hybridized carbons (Fsp3) is 0.364. The number of benzene rings is 1. The first-order chi connectivity index (χ1) is 7.89. The van der Waals surface area contributed by atoms with Crippen molar-refractivity contribution in [2.24, 2.45) is 0 Å². The number of carboxylic acids is 1. The van der Waals surface area contributed by atoms with Gasteiger partial charge in [0.15, 0.2) is 0 Å². The Balaban J connectivity index is 2.47. The predicted molar refractivity (Wildman–Crippen MR) is 55.0 cm³/mol. The lowest BCUT2D eigenvalue weighted by molar-refractivity contribution is -0.138. The fourth-order valence-electron chi connectivity index (χ4n) is 1.59. The van der Waals surface area contributed by atoms with Crippen molar-refractivity contribution in [1.29, 1.82) is 0 Å². The molecule has 0 amide bonds. The van der Waals surface area contributed by atoms with Crippen LogP contribution in [0.3, 0.4) is 0 Å². The van der Waals surface area contributed by atoms with Gasteiger partial charge in [0, 0.05) is 11.7 Å². The molecule has 1 aliphatic carbocycles. The predicted octanol–water partition coefficient (Wildman–Crippen LogP) is 2.98. The summed E-state index contributed by atoms with van der Waals surface area (Å²) in [4.78, 5) is 11.0. The molecule has 0 radical (unpaired) electrons. The number of alkyl halides is 3. The second kappa shape index (κ2) is 3.94. The number of anilines is 1. The maximum absolute atomic E-state index is 12.7. The molecule has 0 aliphatic heterocycles. The van der Waals surface area contributed by atoms with E-state index in [1.54, 1.807) is 0 Å². The highest BCUT2D eigenvalue weighted by atomic mass is 19.4. The lowest BCUT2D eigenvalue weighted by Gasteiger charge is -2.14. The highest BCUT2D eigenvalue weighted by Gasteiger charge is 2.37. The third kappa shape index (κ3) is 2.51. The number of halogens is 3. The molecule has 2 rings (SSSR count). The molecule has 0 unspecified atom stereocenters. The molecular formula is C11H10F3NO2.